The van der Waals surface area contributed by atoms with Gasteiger partial charge in [-0.25, -0.2) is 4.79 Å². The minimum absolute atomic E-state index is 0.00862. The number of aliphatic carboxylic acids is 1. The van der Waals surface area contributed by atoms with Gasteiger partial charge in [-0.1, -0.05) is 6.07 Å². The number of pyridine rings is 1. The molecule has 2 N–H and O–H groups in total. The van der Waals surface area contributed by atoms with Crippen molar-refractivity contribution < 1.29 is 19.8 Å². The Kier molecular flexibility index (Phi) is 4.48. The van der Waals surface area contributed by atoms with Crippen LogP contribution in [0.25, 0.3) is 10.9 Å². The van der Waals surface area contributed by atoms with Crippen molar-refractivity contribution in [2.75, 3.05) is 13.1 Å². The van der Waals surface area contributed by atoms with E-state index in [4.69, 9.17) is 0 Å². The van der Waals surface area contributed by atoms with Crippen LogP contribution in [0.4, 0.5) is 0 Å². The summed E-state index contributed by atoms with van der Waals surface area (Å²) >= 11 is 0. The van der Waals surface area contributed by atoms with E-state index in [9.17, 15) is 24.6 Å². The monoisotopic (exact) mass is 421 g/mol. The molecule has 3 atom stereocenters. The number of benzene rings is 1. The number of carboxylic acids is 2. The zero-order valence-corrected chi connectivity index (χ0v) is 17.1. The summed E-state index contributed by atoms with van der Waals surface area (Å²) in [6.45, 7) is 1.70. The standard InChI is InChI=1S/C23H23N3O5/c1-24-12-17(16-8-14(22(28)29)5-6-19(16)24)21(23(30)31)25-9-13-7-15(11-25)18-3-2-4-20(27)26(18)10-13/h2-6,8,12-13,15,21H,7,9-11H2,1H3,(H,28,29)(H,30,31)/t13-,15+,21+/m1/s1. The van der Waals surface area contributed by atoms with Crippen LogP contribution in [0.1, 0.15) is 40.0 Å². The lowest BCUT2D eigenvalue weighted by molar-refractivity contribution is -0.144. The molecular weight excluding hydrogens is 398 g/mol. The number of nitrogens with zero attached hydrogens (tertiary/aromatic N) is 3. The third-order valence-corrected chi connectivity index (χ3v) is 6.67. The van der Waals surface area contributed by atoms with Crippen molar-refractivity contribution >= 4 is 22.8 Å². The number of aryl methyl sites for hydroxylation is 1. The van der Waals surface area contributed by atoms with E-state index in [1.807, 2.05) is 27.1 Å². The molecule has 0 saturated carbocycles. The molecule has 4 heterocycles. The second kappa shape index (κ2) is 7.09. The average molecular weight is 421 g/mol. The lowest BCUT2D eigenvalue weighted by Gasteiger charge is -2.44. The summed E-state index contributed by atoms with van der Waals surface area (Å²) in [5.74, 6) is -1.72. The van der Waals surface area contributed by atoms with Crippen LogP contribution in [0.3, 0.4) is 0 Å². The lowest BCUT2D eigenvalue weighted by Crippen LogP contribution is -2.49. The Balaban J connectivity index is 1.58. The van der Waals surface area contributed by atoms with Gasteiger partial charge in [-0.3, -0.25) is 14.5 Å². The van der Waals surface area contributed by atoms with E-state index >= 15 is 0 Å². The van der Waals surface area contributed by atoms with E-state index in [0.717, 1.165) is 17.6 Å². The van der Waals surface area contributed by atoms with Gasteiger partial charge in [-0.2, -0.15) is 0 Å². The van der Waals surface area contributed by atoms with E-state index in [0.29, 0.717) is 30.6 Å². The van der Waals surface area contributed by atoms with Gasteiger partial charge in [-0.15, -0.1) is 0 Å². The molecule has 2 aliphatic heterocycles. The molecular formula is C23H23N3O5. The first kappa shape index (κ1) is 19.6. The van der Waals surface area contributed by atoms with Gasteiger partial charge in [0.1, 0.15) is 6.04 Å². The number of fused-ring (bicyclic) bond motifs is 5. The minimum atomic E-state index is -1.04. The van der Waals surface area contributed by atoms with Gasteiger partial charge < -0.3 is 19.3 Å². The summed E-state index contributed by atoms with van der Waals surface area (Å²) in [7, 11) is 1.83. The Morgan fingerprint density at radius 2 is 1.90 bits per heavy atom. The van der Waals surface area contributed by atoms with E-state index in [2.05, 4.69) is 0 Å². The Morgan fingerprint density at radius 1 is 1.10 bits per heavy atom. The molecule has 1 aromatic carbocycles. The van der Waals surface area contributed by atoms with Crippen molar-refractivity contribution in [2.24, 2.45) is 13.0 Å². The van der Waals surface area contributed by atoms with E-state index in [1.54, 1.807) is 30.5 Å². The summed E-state index contributed by atoms with van der Waals surface area (Å²) in [6.07, 6.45) is 2.73. The van der Waals surface area contributed by atoms with Crippen molar-refractivity contribution in [3.05, 3.63) is 69.8 Å². The molecule has 31 heavy (non-hydrogen) atoms. The maximum atomic E-state index is 12.5. The topological polar surface area (TPSA) is 105 Å². The molecule has 8 nitrogen and oxygen atoms in total. The molecule has 2 aromatic heterocycles. The zero-order chi connectivity index (χ0) is 21.9. The van der Waals surface area contributed by atoms with Gasteiger partial charge in [0.05, 0.1) is 5.56 Å². The van der Waals surface area contributed by atoms with Crippen molar-refractivity contribution in [3.8, 4) is 0 Å². The SMILES string of the molecule is Cn1cc([C@@H](C(=O)O)N2C[C@H]3C[C@@H](C2)c2cccc(=O)n2C3)c2cc(C(=O)O)ccc21. The summed E-state index contributed by atoms with van der Waals surface area (Å²) in [4.78, 5) is 38.2. The number of carbonyl (C=O) groups is 2. The van der Waals surface area contributed by atoms with Gasteiger partial charge in [0, 0.05) is 67.0 Å². The third kappa shape index (κ3) is 3.14. The molecule has 160 valence electrons. The summed E-state index contributed by atoms with van der Waals surface area (Å²) in [6, 6.07) is 9.21. The van der Waals surface area contributed by atoms with Crippen LogP contribution < -0.4 is 5.56 Å². The van der Waals surface area contributed by atoms with Crippen molar-refractivity contribution in [1.29, 1.82) is 0 Å². The normalized spacial score (nSPS) is 21.6. The fourth-order valence-electron chi connectivity index (χ4n) is 5.40. The number of piperidine rings is 1. The molecule has 0 amide bonds. The smallest absolute Gasteiger partial charge is 0.335 e. The molecule has 3 aromatic rings. The summed E-state index contributed by atoms with van der Waals surface area (Å²) in [5.41, 5.74) is 2.47. The largest absolute Gasteiger partial charge is 0.480 e. The highest BCUT2D eigenvalue weighted by Crippen LogP contribution is 2.40. The first-order chi connectivity index (χ1) is 14.8. The second-order valence-electron chi connectivity index (χ2n) is 8.63. The van der Waals surface area contributed by atoms with Crippen LogP contribution in [0.5, 0.6) is 0 Å². The molecule has 1 saturated heterocycles. The lowest BCUT2D eigenvalue weighted by atomic mass is 9.82. The zero-order valence-electron chi connectivity index (χ0n) is 17.1. The van der Waals surface area contributed by atoms with Crippen LogP contribution >= 0.6 is 0 Å². The maximum absolute atomic E-state index is 12.5. The van der Waals surface area contributed by atoms with E-state index in [1.165, 1.54) is 6.07 Å². The van der Waals surface area contributed by atoms with Crippen LogP contribution in [-0.2, 0) is 18.4 Å². The van der Waals surface area contributed by atoms with E-state index in [-0.39, 0.29) is 23.0 Å². The van der Waals surface area contributed by atoms with Crippen LogP contribution in [0, 0.1) is 5.92 Å². The van der Waals surface area contributed by atoms with Crippen LogP contribution in [-0.4, -0.2) is 49.3 Å². The number of likely N-dealkylation sites (tertiary alicyclic amines) is 1. The molecule has 8 heteroatoms. The molecule has 0 radical (unpaired) electrons. The van der Waals surface area contributed by atoms with Crippen LogP contribution in [0.15, 0.2) is 47.4 Å². The number of hydrogen-bond acceptors (Lipinski definition) is 4. The quantitative estimate of drug-likeness (QED) is 0.670. The average Bonchev–Trinajstić information content (AvgIpc) is 3.04. The summed E-state index contributed by atoms with van der Waals surface area (Å²) < 4.78 is 3.66. The molecule has 0 aliphatic carbocycles. The number of carboxylic acid groups (broad SMARTS) is 2. The van der Waals surface area contributed by atoms with Gasteiger partial charge in [0.25, 0.3) is 5.56 Å². The molecule has 2 bridgehead atoms. The maximum Gasteiger partial charge on any atom is 0.335 e. The van der Waals surface area contributed by atoms with Crippen molar-refractivity contribution in [3.63, 3.8) is 0 Å². The fourth-order valence-corrected chi connectivity index (χ4v) is 5.40. The van der Waals surface area contributed by atoms with Gasteiger partial charge in [0.15, 0.2) is 0 Å². The Bertz CT molecular complexity index is 1270. The van der Waals surface area contributed by atoms with Crippen molar-refractivity contribution in [1.82, 2.24) is 14.0 Å². The molecule has 1 fully saturated rings. The Hall–Kier alpha value is -3.39. The Labute approximate surface area is 177 Å². The van der Waals surface area contributed by atoms with E-state index < -0.39 is 18.0 Å². The van der Waals surface area contributed by atoms with Gasteiger partial charge in [-0.05, 0) is 36.6 Å². The number of aromatic carboxylic acids is 1. The first-order valence-electron chi connectivity index (χ1n) is 10.3. The number of hydrogen-bond donors (Lipinski definition) is 2. The highest BCUT2D eigenvalue weighted by atomic mass is 16.4. The molecule has 2 aliphatic rings. The van der Waals surface area contributed by atoms with Crippen LogP contribution in [0.2, 0.25) is 0 Å². The van der Waals surface area contributed by atoms with Gasteiger partial charge in [0.2, 0.25) is 0 Å². The molecule has 0 spiro atoms. The third-order valence-electron chi connectivity index (χ3n) is 6.67. The highest BCUT2D eigenvalue weighted by molar-refractivity contribution is 5.96. The Morgan fingerprint density at radius 3 is 2.65 bits per heavy atom. The highest BCUT2D eigenvalue weighted by Gasteiger charge is 2.40. The van der Waals surface area contributed by atoms with Crippen molar-refractivity contribution in [2.45, 2.75) is 24.9 Å². The molecule has 0 unspecified atom stereocenters. The predicted molar refractivity (Wildman–Crippen MR) is 113 cm³/mol. The summed E-state index contributed by atoms with van der Waals surface area (Å²) in [5, 5.41) is 20.2. The number of aromatic nitrogens is 2. The fraction of sp³-hybridized carbons (Fsp3) is 0.348. The minimum Gasteiger partial charge on any atom is -0.480 e. The second-order valence-corrected chi connectivity index (χ2v) is 8.63. The van der Waals surface area contributed by atoms with Gasteiger partial charge >= 0.3 is 11.9 Å². The number of rotatable bonds is 4. The predicted octanol–water partition coefficient (Wildman–Crippen LogP) is 2.28. The first-order valence-corrected chi connectivity index (χ1v) is 10.3. The molecule has 5 rings (SSSR count).